The highest BCUT2D eigenvalue weighted by molar-refractivity contribution is 6.37. The van der Waals surface area contributed by atoms with Gasteiger partial charge in [-0.2, -0.15) is 0 Å². The number of hydrogen-bond donors (Lipinski definition) is 0. The van der Waals surface area contributed by atoms with Crippen LogP contribution in [0.4, 0.5) is 0 Å². The third-order valence-electron chi connectivity index (χ3n) is 1.78. The summed E-state index contributed by atoms with van der Waals surface area (Å²) in [4.78, 5) is 7.92. The Bertz CT molecular complexity index is 468. The van der Waals surface area contributed by atoms with E-state index in [0.29, 0.717) is 5.15 Å². The van der Waals surface area contributed by atoms with Gasteiger partial charge in [-0.3, -0.25) is 0 Å². The van der Waals surface area contributed by atoms with Crippen LogP contribution in [0.15, 0.2) is 18.2 Å². The second kappa shape index (κ2) is 3.16. The Morgan fingerprint density at radius 2 is 1.92 bits per heavy atom. The maximum atomic E-state index is 5.88. The fourth-order valence-electron chi connectivity index (χ4n) is 1.17. The molecule has 0 aliphatic heterocycles. The monoisotopic (exact) mass is 210 g/mol. The van der Waals surface area contributed by atoms with Crippen molar-refractivity contribution in [3.63, 3.8) is 0 Å². The highest BCUT2D eigenvalue weighted by atomic mass is 35.5. The van der Waals surface area contributed by atoms with E-state index in [4.69, 9.17) is 23.2 Å². The predicted molar refractivity (Wildman–Crippen MR) is 57.7 cm³/mol. The average molecular weight is 211 g/mol. The topological polar surface area (TPSA) is 25.8 Å². The minimum atomic E-state index is 0.183. The van der Waals surface area contributed by atoms with E-state index in [0.717, 1.165) is 16.4 Å². The maximum absolute atomic E-state index is 5.88. The predicted octanol–water partition coefficient (Wildman–Crippen LogP) is 1.19. The second-order valence-corrected chi connectivity index (χ2v) is 3.50. The van der Waals surface area contributed by atoms with Crippen LogP contribution in [0.3, 0.4) is 0 Å². The Morgan fingerprint density at radius 1 is 1.15 bits per heavy atom. The Labute approximate surface area is 86.3 Å². The van der Waals surface area contributed by atoms with E-state index in [-0.39, 0.29) is 5.28 Å². The normalized spacial score (nSPS) is 10.6. The number of fused-ring (bicyclic) bond motifs is 1. The first-order chi connectivity index (χ1) is 6.16. The maximum Gasteiger partial charge on any atom is 0.224 e. The van der Waals surface area contributed by atoms with E-state index in [1.165, 1.54) is 0 Å². The van der Waals surface area contributed by atoms with Gasteiger partial charge in [0.1, 0.15) is 13.0 Å². The third-order valence-corrected chi connectivity index (χ3v) is 2.24. The molecular weight excluding hydrogens is 206 g/mol. The van der Waals surface area contributed by atoms with Crippen LogP contribution in [0.25, 0.3) is 10.9 Å². The summed E-state index contributed by atoms with van der Waals surface area (Å²) < 4.78 is 0. The number of aromatic nitrogens is 2. The molecule has 0 saturated carbocycles. The van der Waals surface area contributed by atoms with Crippen molar-refractivity contribution in [2.75, 3.05) is 0 Å². The number of rotatable bonds is 0. The van der Waals surface area contributed by atoms with Gasteiger partial charge in [0.25, 0.3) is 0 Å². The number of hydrogen-bond acceptors (Lipinski definition) is 2. The smallest absolute Gasteiger partial charge is 0.218 e. The summed E-state index contributed by atoms with van der Waals surface area (Å²) in [5.41, 5.74) is 1.91. The van der Waals surface area contributed by atoms with Gasteiger partial charge in [0.05, 0.1) is 5.52 Å². The zero-order valence-corrected chi connectivity index (χ0v) is 8.39. The van der Waals surface area contributed by atoms with E-state index < -0.39 is 0 Å². The van der Waals surface area contributed by atoms with E-state index in [2.05, 4.69) is 9.97 Å². The van der Waals surface area contributed by atoms with Crippen molar-refractivity contribution in [3.8, 4) is 0 Å². The molecule has 0 N–H and O–H groups in total. The fourth-order valence-corrected chi connectivity index (χ4v) is 1.63. The molecule has 13 heavy (non-hydrogen) atoms. The van der Waals surface area contributed by atoms with Gasteiger partial charge >= 0.3 is 0 Å². The van der Waals surface area contributed by atoms with Crippen molar-refractivity contribution in [1.82, 2.24) is 9.97 Å². The average Bonchev–Trinajstić information content (AvgIpc) is 2.02. The van der Waals surface area contributed by atoms with Gasteiger partial charge in [-0.15, -0.1) is 0 Å². The largest absolute Gasteiger partial charge is 0.224 e. The summed E-state index contributed by atoms with van der Waals surface area (Å²) in [6, 6.07) is 5.78. The van der Waals surface area contributed by atoms with Crippen molar-refractivity contribution >= 4 is 47.4 Å². The van der Waals surface area contributed by atoms with Gasteiger partial charge in [0.15, 0.2) is 0 Å². The Morgan fingerprint density at radius 3 is 2.69 bits per heavy atom. The van der Waals surface area contributed by atoms with Crippen molar-refractivity contribution in [2.45, 2.75) is 0 Å². The zero-order chi connectivity index (χ0) is 9.42. The zero-order valence-electron chi connectivity index (χ0n) is 6.88. The molecule has 5 heteroatoms. The molecule has 0 unspecified atom stereocenters. The van der Waals surface area contributed by atoms with Crippen LogP contribution in [0, 0.1) is 0 Å². The molecule has 0 spiro atoms. The lowest BCUT2D eigenvalue weighted by Gasteiger charge is -2.00. The van der Waals surface area contributed by atoms with Crippen LogP contribution in [0.1, 0.15) is 0 Å². The van der Waals surface area contributed by atoms with E-state index in [1.54, 1.807) is 0 Å². The molecule has 0 bridgehead atoms. The van der Waals surface area contributed by atoms with E-state index >= 15 is 0 Å². The molecule has 1 aromatic carbocycles. The van der Waals surface area contributed by atoms with Crippen molar-refractivity contribution in [1.29, 1.82) is 0 Å². The lowest BCUT2D eigenvalue weighted by molar-refractivity contribution is 1.22. The van der Waals surface area contributed by atoms with E-state index in [9.17, 15) is 0 Å². The first-order valence-corrected chi connectivity index (χ1v) is 4.52. The van der Waals surface area contributed by atoms with Crippen molar-refractivity contribution in [3.05, 3.63) is 28.6 Å². The van der Waals surface area contributed by atoms with Crippen LogP contribution in [0.5, 0.6) is 0 Å². The highest BCUT2D eigenvalue weighted by Crippen LogP contribution is 2.20. The fraction of sp³-hybridized carbons (Fsp3) is 0. The number of nitrogens with zero attached hydrogens (tertiary/aromatic N) is 2. The lowest BCUT2D eigenvalue weighted by Crippen LogP contribution is -2.01. The molecule has 0 fully saturated rings. The van der Waals surface area contributed by atoms with Gasteiger partial charge < -0.3 is 0 Å². The molecule has 0 saturated heterocycles. The van der Waals surface area contributed by atoms with Crippen molar-refractivity contribution < 1.29 is 0 Å². The van der Waals surface area contributed by atoms with Crippen LogP contribution < -0.4 is 5.46 Å². The molecular formula is C8H5BCl2N2. The molecule has 2 nitrogen and oxygen atoms in total. The second-order valence-electron chi connectivity index (χ2n) is 2.80. The standard InChI is InChI=1S/C8H5BCl2N2/c9-4-1-2-5-6(3-4)12-8(11)13-7(5)10/h1-3H,9H2. The van der Waals surface area contributed by atoms with Crippen LogP contribution in [-0.4, -0.2) is 17.8 Å². The Hall–Kier alpha value is -0.795. The SMILES string of the molecule is Bc1ccc2c(Cl)nc(Cl)nc2c1. The molecule has 64 valence electrons. The lowest BCUT2D eigenvalue weighted by atomic mass is 9.95. The van der Waals surface area contributed by atoms with Gasteiger partial charge in [-0.1, -0.05) is 29.2 Å². The molecule has 0 amide bonds. The Kier molecular flexibility index (Phi) is 2.14. The van der Waals surface area contributed by atoms with Crippen LogP contribution in [0.2, 0.25) is 10.4 Å². The molecule has 0 radical (unpaired) electrons. The molecule has 1 heterocycles. The van der Waals surface area contributed by atoms with Gasteiger partial charge in [0.2, 0.25) is 5.28 Å². The molecule has 0 aliphatic rings. The van der Waals surface area contributed by atoms with Crippen molar-refractivity contribution in [2.24, 2.45) is 0 Å². The minimum Gasteiger partial charge on any atom is -0.218 e. The minimum absolute atomic E-state index is 0.183. The van der Waals surface area contributed by atoms with Crippen LogP contribution >= 0.6 is 23.2 Å². The molecule has 2 rings (SSSR count). The summed E-state index contributed by atoms with van der Waals surface area (Å²) >= 11 is 11.5. The summed E-state index contributed by atoms with van der Waals surface area (Å²) in [6.45, 7) is 0. The van der Waals surface area contributed by atoms with E-state index in [1.807, 2.05) is 26.0 Å². The summed E-state index contributed by atoms with van der Waals surface area (Å²) in [5.74, 6) is 0. The molecule has 1 aromatic heterocycles. The van der Waals surface area contributed by atoms with Gasteiger partial charge in [0, 0.05) is 5.39 Å². The molecule has 0 atom stereocenters. The molecule has 0 aliphatic carbocycles. The highest BCUT2D eigenvalue weighted by Gasteiger charge is 2.03. The van der Waals surface area contributed by atoms with Crippen LogP contribution in [-0.2, 0) is 0 Å². The molecule has 2 aromatic rings. The number of benzene rings is 1. The summed E-state index contributed by atoms with van der Waals surface area (Å²) in [5, 5.41) is 1.41. The number of halogens is 2. The summed E-state index contributed by atoms with van der Waals surface area (Å²) in [6.07, 6.45) is 0. The first-order valence-electron chi connectivity index (χ1n) is 3.76. The van der Waals surface area contributed by atoms with Gasteiger partial charge in [-0.05, 0) is 17.7 Å². The summed E-state index contributed by atoms with van der Waals surface area (Å²) in [7, 11) is 1.99. The third kappa shape index (κ3) is 1.62. The Balaban J connectivity index is 2.86. The quantitative estimate of drug-likeness (QED) is 0.371. The first kappa shape index (κ1) is 8.79. The van der Waals surface area contributed by atoms with Gasteiger partial charge in [-0.25, -0.2) is 9.97 Å².